The Labute approximate surface area is 90.5 Å². The number of aliphatic hydroxyl groups excluding tert-OH is 1. The normalized spacial score (nSPS) is 11.5. The fourth-order valence-corrected chi connectivity index (χ4v) is 1.30. The van der Waals surface area contributed by atoms with Crippen molar-refractivity contribution in [1.29, 1.82) is 0 Å². The average Bonchev–Trinajstić information content (AvgIpc) is 2.16. The third-order valence-corrected chi connectivity index (χ3v) is 1.90. The van der Waals surface area contributed by atoms with Crippen molar-refractivity contribution in [3.63, 3.8) is 0 Å². The molecule has 1 aromatic heterocycles. The molecular formula is C9H12F3N3O. The van der Waals surface area contributed by atoms with E-state index in [-0.39, 0.29) is 24.7 Å². The Morgan fingerprint density at radius 3 is 2.62 bits per heavy atom. The molecule has 1 aromatic rings. The summed E-state index contributed by atoms with van der Waals surface area (Å²) in [4.78, 5) is 4.65. The molecule has 0 fully saturated rings. The Balaban J connectivity index is 2.89. The molecular weight excluding hydrogens is 223 g/mol. The van der Waals surface area contributed by atoms with Crippen molar-refractivity contribution in [2.24, 2.45) is 0 Å². The van der Waals surface area contributed by atoms with Gasteiger partial charge in [-0.25, -0.2) is 4.98 Å². The van der Waals surface area contributed by atoms with Crippen LogP contribution in [0.3, 0.4) is 0 Å². The minimum absolute atomic E-state index is 0.0141. The number of halogens is 3. The first-order valence-electron chi connectivity index (χ1n) is 4.57. The van der Waals surface area contributed by atoms with Crippen LogP contribution in [0.1, 0.15) is 0 Å². The van der Waals surface area contributed by atoms with Crippen LogP contribution < -0.4 is 10.6 Å². The summed E-state index contributed by atoms with van der Waals surface area (Å²) in [6, 6.07) is 2.93. The van der Waals surface area contributed by atoms with Crippen molar-refractivity contribution in [2.45, 2.75) is 6.18 Å². The van der Waals surface area contributed by atoms with Gasteiger partial charge < -0.3 is 15.7 Å². The van der Waals surface area contributed by atoms with Gasteiger partial charge in [-0.05, 0) is 12.1 Å². The van der Waals surface area contributed by atoms with E-state index in [2.05, 4.69) is 4.98 Å². The number of nitrogens with two attached hydrogens (primary N) is 1. The number of aromatic nitrogens is 1. The molecule has 7 heteroatoms. The fraction of sp³-hybridized carbons (Fsp3) is 0.444. The van der Waals surface area contributed by atoms with Crippen LogP contribution in [0, 0.1) is 0 Å². The van der Waals surface area contributed by atoms with E-state index in [1.807, 2.05) is 0 Å². The van der Waals surface area contributed by atoms with Crippen LogP contribution >= 0.6 is 0 Å². The highest BCUT2D eigenvalue weighted by Gasteiger charge is 2.31. The zero-order valence-corrected chi connectivity index (χ0v) is 8.41. The molecule has 0 aromatic carbocycles. The van der Waals surface area contributed by atoms with E-state index >= 15 is 0 Å². The summed E-state index contributed by atoms with van der Waals surface area (Å²) in [6.07, 6.45) is -2.96. The molecule has 0 atom stereocenters. The maximum absolute atomic E-state index is 12.3. The van der Waals surface area contributed by atoms with Gasteiger partial charge in [0.25, 0.3) is 0 Å². The van der Waals surface area contributed by atoms with Crippen LogP contribution in [0.4, 0.5) is 24.7 Å². The number of alkyl halides is 3. The summed E-state index contributed by atoms with van der Waals surface area (Å²) >= 11 is 0. The maximum Gasteiger partial charge on any atom is 0.405 e. The van der Waals surface area contributed by atoms with Gasteiger partial charge in [-0.1, -0.05) is 0 Å². The number of aliphatic hydroxyl groups is 1. The summed E-state index contributed by atoms with van der Waals surface area (Å²) in [5, 5.41) is 8.72. The standard InChI is InChI=1S/C9H12F3N3O/c10-9(11,12)6-15(4-5-16)7-2-1-3-14-8(7)13/h1-3,16H,4-6H2,(H2,13,14). The van der Waals surface area contributed by atoms with E-state index in [0.717, 1.165) is 4.90 Å². The molecule has 4 nitrogen and oxygen atoms in total. The van der Waals surface area contributed by atoms with Gasteiger partial charge in [0.05, 0.1) is 12.3 Å². The molecule has 1 heterocycles. The van der Waals surface area contributed by atoms with E-state index in [0.29, 0.717) is 0 Å². The largest absolute Gasteiger partial charge is 0.405 e. The van der Waals surface area contributed by atoms with Crippen LogP contribution in [0.2, 0.25) is 0 Å². The van der Waals surface area contributed by atoms with Gasteiger partial charge in [0.2, 0.25) is 0 Å². The fourth-order valence-electron chi connectivity index (χ4n) is 1.30. The summed E-state index contributed by atoms with van der Waals surface area (Å²) in [5.74, 6) is 0.0141. The SMILES string of the molecule is Nc1ncccc1N(CCO)CC(F)(F)F. The van der Waals surface area contributed by atoms with Crippen LogP contribution in [0.15, 0.2) is 18.3 Å². The van der Waals surface area contributed by atoms with Crippen LogP contribution in [-0.2, 0) is 0 Å². The molecule has 0 aliphatic rings. The molecule has 0 saturated carbocycles. The Bertz CT molecular complexity index is 343. The monoisotopic (exact) mass is 235 g/mol. The second kappa shape index (κ2) is 5.02. The smallest absolute Gasteiger partial charge is 0.395 e. The predicted molar refractivity (Wildman–Crippen MR) is 54.0 cm³/mol. The Morgan fingerprint density at radius 2 is 2.12 bits per heavy atom. The van der Waals surface area contributed by atoms with Gasteiger partial charge in [-0.15, -0.1) is 0 Å². The molecule has 3 N–H and O–H groups in total. The highest BCUT2D eigenvalue weighted by molar-refractivity contribution is 5.62. The first-order valence-corrected chi connectivity index (χ1v) is 4.57. The molecule has 0 radical (unpaired) electrons. The lowest BCUT2D eigenvalue weighted by molar-refractivity contribution is -0.119. The summed E-state index contributed by atoms with van der Waals surface area (Å²) in [6.45, 7) is -1.69. The molecule has 16 heavy (non-hydrogen) atoms. The van der Waals surface area contributed by atoms with Gasteiger partial charge in [0.15, 0.2) is 0 Å². The predicted octanol–water partition coefficient (Wildman–Crippen LogP) is 1.02. The van der Waals surface area contributed by atoms with Gasteiger partial charge in [0.1, 0.15) is 12.4 Å². The van der Waals surface area contributed by atoms with E-state index < -0.39 is 12.7 Å². The van der Waals surface area contributed by atoms with Crippen molar-refractivity contribution < 1.29 is 18.3 Å². The van der Waals surface area contributed by atoms with Crippen LogP contribution in [0.25, 0.3) is 0 Å². The van der Waals surface area contributed by atoms with E-state index in [1.54, 1.807) is 0 Å². The Kier molecular flexibility index (Phi) is 3.94. The van der Waals surface area contributed by atoms with Crippen molar-refractivity contribution in [3.8, 4) is 0 Å². The minimum Gasteiger partial charge on any atom is -0.395 e. The molecule has 0 spiro atoms. The number of nitrogens with zero attached hydrogens (tertiary/aromatic N) is 2. The van der Waals surface area contributed by atoms with Gasteiger partial charge >= 0.3 is 6.18 Å². The minimum atomic E-state index is -4.35. The topological polar surface area (TPSA) is 62.4 Å². The van der Waals surface area contributed by atoms with Crippen molar-refractivity contribution >= 4 is 11.5 Å². The quantitative estimate of drug-likeness (QED) is 0.818. The molecule has 90 valence electrons. The second-order valence-electron chi connectivity index (χ2n) is 3.17. The number of anilines is 2. The number of nitrogen functional groups attached to an aromatic ring is 1. The lowest BCUT2D eigenvalue weighted by Gasteiger charge is -2.25. The van der Waals surface area contributed by atoms with E-state index in [1.165, 1.54) is 18.3 Å². The second-order valence-corrected chi connectivity index (χ2v) is 3.17. The third kappa shape index (κ3) is 3.58. The number of pyridine rings is 1. The molecule has 0 aliphatic carbocycles. The van der Waals surface area contributed by atoms with Crippen molar-refractivity contribution in [3.05, 3.63) is 18.3 Å². The zero-order valence-electron chi connectivity index (χ0n) is 8.41. The summed E-state index contributed by atoms with van der Waals surface area (Å²) in [5.41, 5.74) is 5.64. The Hall–Kier alpha value is -1.50. The van der Waals surface area contributed by atoms with Crippen molar-refractivity contribution in [2.75, 3.05) is 30.3 Å². The van der Waals surface area contributed by atoms with Gasteiger partial charge in [-0.2, -0.15) is 13.2 Å². The summed E-state index contributed by atoms with van der Waals surface area (Å²) in [7, 11) is 0. The summed E-state index contributed by atoms with van der Waals surface area (Å²) < 4.78 is 36.8. The zero-order chi connectivity index (χ0) is 12.2. The van der Waals surface area contributed by atoms with E-state index in [4.69, 9.17) is 10.8 Å². The highest BCUT2D eigenvalue weighted by atomic mass is 19.4. The highest BCUT2D eigenvalue weighted by Crippen LogP contribution is 2.24. The Morgan fingerprint density at radius 1 is 1.44 bits per heavy atom. The van der Waals surface area contributed by atoms with E-state index in [9.17, 15) is 13.2 Å². The van der Waals surface area contributed by atoms with Crippen LogP contribution in [0.5, 0.6) is 0 Å². The molecule has 0 saturated heterocycles. The maximum atomic E-state index is 12.3. The lowest BCUT2D eigenvalue weighted by atomic mass is 10.3. The molecule has 0 unspecified atom stereocenters. The third-order valence-electron chi connectivity index (χ3n) is 1.90. The number of rotatable bonds is 4. The molecule has 1 rings (SSSR count). The van der Waals surface area contributed by atoms with Gasteiger partial charge in [0, 0.05) is 12.7 Å². The van der Waals surface area contributed by atoms with Gasteiger partial charge in [-0.3, -0.25) is 0 Å². The molecule has 0 amide bonds. The van der Waals surface area contributed by atoms with Crippen LogP contribution in [-0.4, -0.2) is 36.0 Å². The lowest BCUT2D eigenvalue weighted by Crippen LogP contribution is -2.36. The molecule has 0 aliphatic heterocycles. The van der Waals surface area contributed by atoms with Crippen molar-refractivity contribution in [1.82, 2.24) is 4.98 Å². The first kappa shape index (κ1) is 12.6. The number of hydrogen-bond donors (Lipinski definition) is 2. The number of hydrogen-bond acceptors (Lipinski definition) is 4. The first-order chi connectivity index (χ1) is 7.44. The average molecular weight is 235 g/mol. The molecule has 0 bridgehead atoms.